The van der Waals surface area contributed by atoms with Crippen molar-refractivity contribution in [2.45, 2.75) is 84.4 Å². The molecule has 5 heteroatoms. The predicted molar refractivity (Wildman–Crippen MR) is 153 cm³/mol. The first-order chi connectivity index (χ1) is 18.0. The largest absolute Gasteiger partial charge is 0.396 e. The second-order valence-electron chi connectivity index (χ2n) is 13.7. The van der Waals surface area contributed by atoms with Crippen molar-refractivity contribution in [3.05, 3.63) is 59.2 Å². The number of hydrogen-bond donors (Lipinski definition) is 3. The summed E-state index contributed by atoms with van der Waals surface area (Å²) in [6.45, 7) is 9.36. The first-order valence-electron chi connectivity index (χ1n) is 14.7. The standard InChI is InChI=1S/C33H48N2O3/c1-21(35(5)6)29-27(37)19-33(4)26-14-13-25-23(18-24(26)16-17-32(29,33)3)12-15-28(31(25,2)20-36)34-30(38)22-10-8-7-9-11-22/h7-11,16,18,21,25-29,36-37H,12-15,17,19-20H2,1-6H3,(H,34,38)/t21-,25-,26+,27-,28+,29+,31-,32-,33+/m1/s1. The minimum Gasteiger partial charge on any atom is -0.396 e. The molecule has 3 N–H and O–H groups in total. The van der Waals surface area contributed by atoms with Gasteiger partial charge in [0, 0.05) is 29.0 Å². The molecule has 0 radical (unpaired) electrons. The Morgan fingerprint density at radius 2 is 1.76 bits per heavy atom. The lowest BCUT2D eigenvalue weighted by Crippen LogP contribution is -2.54. The third kappa shape index (κ3) is 4.12. The van der Waals surface area contributed by atoms with Gasteiger partial charge in [-0.25, -0.2) is 0 Å². The quantitative estimate of drug-likeness (QED) is 0.499. The molecule has 38 heavy (non-hydrogen) atoms. The molecule has 0 saturated heterocycles. The van der Waals surface area contributed by atoms with Gasteiger partial charge in [0.25, 0.3) is 5.91 Å². The second-order valence-corrected chi connectivity index (χ2v) is 13.7. The second kappa shape index (κ2) is 9.91. The zero-order valence-electron chi connectivity index (χ0n) is 24.2. The fraction of sp³-hybridized carbons (Fsp3) is 0.667. The predicted octanol–water partition coefficient (Wildman–Crippen LogP) is 5.20. The smallest absolute Gasteiger partial charge is 0.251 e. The van der Waals surface area contributed by atoms with Crippen molar-refractivity contribution >= 4 is 5.91 Å². The Morgan fingerprint density at radius 1 is 1.08 bits per heavy atom. The molecule has 0 aliphatic heterocycles. The van der Waals surface area contributed by atoms with E-state index in [1.165, 1.54) is 11.1 Å². The Balaban J connectivity index is 1.43. The summed E-state index contributed by atoms with van der Waals surface area (Å²) in [5.41, 5.74) is 3.19. The number of hydrogen-bond acceptors (Lipinski definition) is 4. The van der Waals surface area contributed by atoms with Gasteiger partial charge in [-0.2, -0.15) is 0 Å². The van der Waals surface area contributed by atoms with E-state index in [-0.39, 0.29) is 47.3 Å². The molecule has 0 aromatic heterocycles. The Labute approximate surface area is 229 Å². The summed E-state index contributed by atoms with van der Waals surface area (Å²) in [5.74, 6) is 0.802. The molecule has 2 fully saturated rings. The number of fused-ring (bicyclic) bond motifs is 4. The fourth-order valence-corrected chi connectivity index (χ4v) is 9.17. The molecule has 4 aliphatic carbocycles. The van der Waals surface area contributed by atoms with Crippen molar-refractivity contribution in [2.24, 2.45) is 34.0 Å². The molecule has 1 aromatic rings. The monoisotopic (exact) mass is 520 g/mol. The molecule has 2 saturated carbocycles. The number of carbonyl (C=O) groups excluding carboxylic acids is 1. The van der Waals surface area contributed by atoms with E-state index < -0.39 is 5.41 Å². The van der Waals surface area contributed by atoms with Crippen molar-refractivity contribution in [2.75, 3.05) is 20.7 Å². The van der Waals surface area contributed by atoms with Crippen LogP contribution in [0.3, 0.4) is 0 Å². The van der Waals surface area contributed by atoms with Gasteiger partial charge in [0.05, 0.1) is 12.7 Å². The number of aliphatic hydroxyl groups is 2. The van der Waals surface area contributed by atoms with Crippen LogP contribution in [0, 0.1) is 34.0 Å². The molecule has 0 spiro atoms. The highest BCUT2D eigenvalue weighted by molar-refractivity contribution is 5.94. The first-order valence-corrected chi connectivity index (χ1v) is 14.7. The van der Waals surface area contributed by atoms with E-state index in [0.717, 1.165) is 38.5 Å². The Bertz CT molecular complexity index is 1110. The summed E-state index contributed by atoms with van der Waals surface area (Å²) in [5, 5.41) is 25.5. The molecule has 9 atom stereocenters. The molecule has 5 nitrogen and oxygen atoms in total. The van der Waals surface area contributed by atoms with E-state index in [1.54, 1.807) is 0 Å². The van der Waals surface area contributed by atoms with Crippen LogP contribution >= 0.6 is 0 Å². The molecule has 5 rings (SSSR count). The lowest BCUT2D eigenvalue weighted by Gasteiger charge is -2.53. The fourth-order valence-electron chi connectivity index (χ4n) is 9.17. The summed E-state index contributed by atoms with van der Waals surface area (Å²) in [6, 6.07) is 9.63. The number of amides is 1. The van der Waals surface area contributed by atoms with Gasteiger partial charge in [-0.3, -0.25) is 4.79 Å². The normalized spacial score (nSPS) is 41.2. The lowest BCUT2D eigenvalue weighted by molar-refractivity contribution is -0.0245. The Hall–Kier alpha value is -1.95. The molecular formula is C33H48N2O3. The van der Waals surface area contributed by atoms with Crippen LogP contribution in [0.4, 0.5) is 0 Å². The minimum atomic E-state index is -0.413. The van der Waals surface area contributed by atoms with E-state index in [1.807, 2.05) is 30.3 Å². The van der Waals surface area contributed by atoms with E-state index in [9.17, 15) is 15.0 Å². The molecule has 208 valence electrons. The van der Waals surface area contributed by atoms with Gasteiger partial charge in [0.15, 0.2) is 0 Å². The van der Waals surface area contributed by atoms with Crippen LogP contribution in [0.25, 0.3) is 0 Å². The number of allylic oxidation sites excluding steroid dienone is 4. The molecule has 0 bridgehead atoms. The van der Waals surface area contributed by atoms with Crippen molar-refractivity contribution in [3.8, 4) is 0 Å². The van der Waals surface area contributed by atoms with Crippen LogP contribution in [0.15, 0.2) is 53.6 Å². The molecular weight excluding hydrogens is 472 g/mol. The van der Waals surface area contributed by atoms with Crippen LogP contribution in [0.5, 0.6) is 0 Å². The van der Waals surface area contributed by atoms with Gasteiger partial charge in [0.2, 0.25) is 0 Å². The van der Waals surface area contributed by atoms with Gasteiger partial charge in [-0.1, -0.05) is 56.7 Å². The van der Waals surface area contributed by atoms with E-state index in [2.05, 4.69) is 64.2 Å². The lowest BCUT2D eigenvalue weighted by atomic mass is 9.51. The van der Waals surface area contributed by atoms with Crippen molar-refractivity contribution in [3.63, 3.8) is 0 Å². The minimum absolute atomic E-state index is 0.0204. The maximum Gasteiger partial charge on any atom is 0.251 e. The topological polar surface area (TPSA) is 72.8 Å². The average Bonchev–Trinajstić information content (AvgIpc) is 3.00. The molecule has 0 unspecified atom stereocenters. The van der Waals surface area contributed by atoms with Crippen molar-refractivity contribution < 1.29 is 15.0 Å². The average molecular weight is 521 g/mol. The summed E-state index contributed by atoms with van der Waals surface area (Å²) < 4.78 is 0. The van der Waals surface area contributed by atoms with Gasteiger partial charge in [-0.15, -0.1) is 0 Å². The molecule has 1 amide bonds. The van der Waals surface area contributed by atoms with Gasteiger partial charge >= 0.3 is 0 Å². The first kappa shape index (κ1) is 27.6. The molecule has 4 aliphatic rings. The number of nitrogens with zero attached hydrogens (tertiary/aromatic N) is 1. The highest BCUT2D eigenvalue weighted by atomic mass is 16.3. The highest BCUT2D eigenvalue weighted by Crippen LogP contribution is 2.68. The van der Waals surface area contributed by atoms with E-state index >= 15 is 0 Å². The molecule has 0 heterocycles. The zero-order valence-corrected chi connectivity index (χ0v) is 24.2. The number of benzene rings is 1. The number of rotatable bonds is 5. The summed E-state index contributed by atoms with van der Waals surface area (Å²) in [6.07, 6.45) is 10.3. The SMILES string of the molecule is C[C@H]([C@H]1[C@H](O)C[C@@]2(C)[C@H]3CC[C@@H]4C(=CC3=CC[C@]12C)CC[C@H](NC(=O)c1ccccc1)[C@]4(C)CO)N(C)C. The van der Waals surface area contributed by atoms with Crippen molar-refractivity contribution in [1.29, 1.82) is 0 Å². The number of aliphatic hydroxyl groups excluding tert-OH is 2. The van der Waals surface area contributed by atoms with Gasteiger partial charge in [-0.05, 0) is 99.9 Å². The summed E-state index contributed by atoms with van der Waals surface area (Å²) in [4.78, 5) is 15.3. The Morgan fingerprint density at radius 3 is 2.42 bits per heavy atom. The van der Waals surface area contributed by atoms with Crippen LogP contribution in [0.1, 0.15) is 76.6 Å². The van der Waals surface area contributed by atoms with Crippen LogP contribution in [-0.4, -0.2) is 59.9 Å². The maximum atomic E-state index is 13.1. The molecule has 1 aromatic carbocycles. The van der Waals surface area contributed by atoms with Gasteiger partial charge in [0.1, 0.15) is 0 Å². The maximum absolute atomic E-state index is 13.1. The van der Waals surface area contributed by atoms with E-state index in [4.69, 9.17) is 0 Å². The highest BCUT2D eigenvalue weighted by Gasteiger charge is 2.64. The van der Waals surface area contributed by atoms with Crippen LogP contribution in [-0.2, 0) is 0 Å². The van der Waals surface area contributed by atoms with Gasteiger partial charge < -0.3 is 20.4 Å². The summed E-state index contributed by atoms with van der Waals surface area (Å²) >= 11 is 0. The van der Waals surface area contributed by atoms with E-state index in [0.29, 0.717) is 17.5 Å². The third-order valence-corrected chi connectivity index (χ3v) is 11.9. The number of carbonyl (C=O) groups is 1. The van der Waals surface area contributed by atoms with Crippen LogP contribution < -0.4 is 5.32 Å². The zero-order chi connectivity index (χ0) is 27.5. The Kier molecular flexibility index (Phi) is 7.20. The third-order valence-electron chi connectivity index (χ3n) is 11.9. The number of nitrogens with one attached hydrogen (secondary N) is 1. The summed E-state index contributed by atoms with van der Waals surface area (Å²) in [7, 11) is 4.26. The van der Waals surface area contributed by atoms with Crippen LogP contribution in [0.2, 0.25) is 0 Å². The van der Waals surface area contributed by atoms with Crippen molar-refractivity contribution in [1.82, 2.24) is 10.2 Å².